The SMILES string of the molecule is O=C(CCCn1ccnc1)N1CCCC(c2cc3cccnc3[nH]2)C1. The van der Waals surface area contributed by atoms with E-state index in [1.807, 2.05) is 21.7 Å². The van der Waals surface area contributed by atoms with E-state index >= 15 is 0 Å². The van der Waals surface area contributed by atoms with Gasteiger partial charge in [0, 0.05) is 61.6 Å². The predicted octanol–water partition coefficient (Wildman–Crippen LogP) is 2.95. The van der Waals surface area contributed by atoms with E-state index < -0.39 is 0 Å². The van der Waals surface area contributed by atoms with E-state index in [9.17, 15) is 4.79 Å². The number of pyridine rings is 1. The second kappa shape index (κ2) is 7.09. The van der Waals surface area contributed by atoms with E-state index in [1.54, 1.807) is 18.7 Å². The molecule has 1 amide bonds. The van der Waals surface area contributed by atoms with Crippen molar-refractivity contribution in [1.82, 2.24) is 24.4 Å². The van der Waals surface area contributed by atoms with Gasteiger partial charge in [-0.3, -0.25) is 4.79 Å². The van der Waals surface area contributed by atoms with Crippen LogP contribution in [0.4, 0.5) is 0 Å². The van der Waals surface area contributed by atoms with Crippen molar-refractivity contribution < 1.29 is 4.79 Å². The first-order valence-electron chi connectivity index (χ1n) is 8.97. The van der Waals surface area contributed by atoms with Gasteiger partial charge in [0.25, 0.3) is 0 Å². The van der Waals surface area contributed by atoms with Gasteiger partial charge >= 0.3 is 0 Å². The molecular weight excluding hydrogens is 314 g/mol. The zero-order valence-corrected chi connectivity index (χ0v) is 14.3. The summed E-state index contributed by atoms with van der Waals surface area (Å²) < 4.78 is 2.02. The third-order valence-corrected chi connectivity index (χ3v) is 4.99. The fourth-order valence-corrected chi connectivity index (χ4v) is 3.65. The van der Waals surface area contributed by atoms with Crippen LogP contribution in [0.25, 0.3) is 11.0 Å². The van der Waals surface area contributed by atoms with Crippen molar-refractivity contribution in [3.05, 3.63) is 48.8 Å². The van der Waals surface area contributed by atoms with Gasteiger partial charge in [0.05, 0.1) is 6.33 Å². The third-order valence-electron chi connectivity index (χ3n) is 4.99. The van der Waals surface area contributed by atoms with Gasteiger partial charge in [-0.25, -0.2) is 9.97 Å². The normalized spacial score (nSPS) is 17.9. The van der Waals surface area contributed by atoms with E-state index in [-0.39, 0.29) is 5.91 Å². The highest BCUT2D eigenvalue weighted by Crippen LogP contribution is 2.28. The van der Waals surface area contributed by atoms with E-state index in [4.69, 9.17) is 0 Å². The van der Waals surface area contributed by atoms with Crippen LogP contribution >= 0.6 is 0 Å². The molecule has 1 saturated heterocycles. The molecule has 130 valence electrons. The summed E-state index contributed by atoms with van der Waals surface area (Å²) in [6.45, 7) is 2.52. The van der Waals surface area contributed by atoms with E-state index in [2.05, 4.69) is 27.1 Å². The summed E-state index contributed by atoms with van der Waals surface area (Å²) in [5.41, 5.74) is 2.13. The summed E-state index contributed by atoms with van der Waals surface area (Å²) in [5, 5.41) is 1.14. The lowest BCUT2D eigenvalue weighted by atomic mass is 9.94. The Morgan fingerprint density at radius 2 is 2.32 bits per heavy atom. The Labute approximate surface area is 146 Å². The van der Waals surface area contributed by atoms with Gasteiger partial charge in [-0.15, -0.1) is 0 Å². The molecule has 1 fully saturated rings. The highest BCUT2D eigenvalue weighted by molar-refractivity contribution is 5.77. The highest BCUT2D eigenvalue weighted by Gasteiger charge is 2.25. The minimum Gasteiger partial charge on any atom is -0.343 e. The molecule has 0 bridgehead atoms. The average Bonchev–Trinajstić information content (AvgIpc) is 3.31. The molecule has 1 aliphatic rings. The van der Waals surface area contributed by atoms with Gasteiger partial charge in [0.15, 0.2) is 0 Å². The maximum absolute atomic E-state index is 12.6. The molecule has 4 rings (SSSR count). The number of hydrogen-bond donors (Lipinski definition) is 1. The van der Waals surface area contributed by atoms with Crippen molar-refractivity contribution in [2.24, 2.45) is 0 Å². The topological polar surface area (TPSA) is 66.8 Å². The Hall–Kier alpha value is -2.63. The Morgan fingerprint density at radius 1 is 1.36 bits per heavy atom. The number of H-pyrrole nitrogens is 1. The van der Waals surface area contributed by atoms with Crippen LogP contribution in [0.3, 0.4) is 0 Å². The number of nitrogens with one attached hydrogen (secondary N) is 1. The number of aryl methyl sites for hydroxylation is 1. The zero-order valence-electron chi connectivity index (χ0n) is 14.3. The molecule has 1 N–H and O–H groups in total. The number of hydrogen-bond acceptors (Lipinski definition) is 3. The van der Waals surface area contributed by atoms with Gasteiger partial charge in [0.2, 0.25) is 5.91 Å². The predicted molar refractivity (Wildman–Crippen MR) is 96.1 cm³/mol. The van der Waals surface area contributed by atoms with Crippen LogP contribution in [0.1, 0.15) is 37.3 Å². The van der Waals surface area contributed by atoms with E-state index in [0.29, 0.717) is 12.3 Å². The molecule has 0 radical (unpaired) electrons. The molecular formula is C19H23N5O. The van der Waals surface area contributed by atoms with Crippen LogP contribution in [0.15, 0.2) is 43.1 Å². The zero-order chi connectivity index (χ0) is 17.1. The Kier molecular flexibility index (Phi) is 4.50. The molecule has 6 nitrogen and oxygen atoms in total. The lowest BCUT2D eigenvalue weighted by molar-refractivity contribution is -0.132. The van der Waals surface area contributed by atoms with Gasteiger partial charge in [-0.1, -0.05) is 0 Å². The van der Waals surface area contributed by atoms with Crippen molar-refractivity contribution in [2.75, 3.05) is 13.1 Å². The minimum absolute atomic E-state index is 0.263. The second-order valence-electron chi connectivity index (χ2n) is 6.75. The van der Waals surface area contributed by atoms with Crippen LogP contribution in [0.2, 0.25) is 0 Å². The van der Waals surface area contributed by atoms with Gasteiger partial charge in [-0.05, 0) is 37.5 Å². The number of carbonyl (C=O) groups excluding carboxylic acids is 1. The standard InChI is InChI=1S/C19H23N5O/c25-18(6-3-9-23-11-8-20-14-23)24-10-2-5-16(13-24)17-12-15-4-1-7-21-19(15)22-17/h1,4,7-8,11-12,14,16H,2-3,5-6,9-10,13H2,(H,21,22). The molecule has 6 heteroatoms. The number of amides is 1. The third kappa shape index (κ3) is 3.57. The highest BCUT2D eigenvalue weighted by atomic mass is 16.2. The number of piperidine rings is 1. The van der Waals surface area contributed by atoms with Crippen LogP contribution in [-0.2, 0) is 11.3 Å². The smallest absolute Gasteiger partial charge is 0.222 e. The average molecular weight is 337 g/mol. The quantitative estimate of drug-likeness (QED) is 0.778. The summed E-state index contributed by atoms with van der Waals surface area (Å²) in [6, 6.07) is 6.21. The molecule has 1 aliphatic heterocycles. The lowest BCUT2D eigenvalue weighted by Gasteiger charge is -2.32. The molecule has 1 atom stereocenters. The molecule has 1 unspecified atom stereocenters. The largest absolute Gasteiger partial charge is 0.343 e. The number of rotatable bonds is 5. The molecule has 3 aromatic heterocycles. The molecule has 0 aliphatic carbocycles. The fraction of sp³-hybridized carbons (Fsp3) is 0.421. The van der Waals surface area contributed by atoms with Crippen molar-refractivity contribution in [3.63, 3.8) is 0 Å². The molecule has 4 heterocycles. The lowest BCUT2D eigenvalue weighted by Crippen LogP contribution is -2.39. The van der Waals surface area contributed by atoms with E-state index in [0.717, 1.165) is 49.9 Å². The maximum atomic E-state index is 12.6. The molecule has 0 saturated carbocycles. The summed E-state index contributed by atoms with van der Waals surface area (Å²) in [5.74, 6) is 0.639. The van der Waals surface area contributed by atoms with Crippen molar-refractivity contribution >= 4 is 16.9 Å². The van der Waals surface area contributed by atoms with Crippen LogP contribution < -0.4 is 0 Å². The molecule has 25 heavy (non-hydrogen) atoms. The van der Waals surface area contributed by atoms with Gasteiger partial charge in [-0.2, -0.15) is 0 Å². The number of aromatic nitrogens is 4. The molecule has 0 aromatic carbocycles. The summed E-state index contributed by atoms with van der Waals surface area (Å²) in [6.07, 6.45) is 10.9. The van der Waals surface area contributed by atoms with Gasteiger partial charge < -0.3 is 14.5 Å². The van der Waals surface area contributed by atoms with E-state index in [1.165, 1.54) is 5.69 Å². The Bertz CT molecular complexity index is 806. The van der Waals surface area contributed by atoms with Crippen LogP contribution in [-0.4, -0.2) is 43.4 Å². The van der Waals surface area contributed by atoms with Crippen LogP contribution in [0.5, 0.6) is 0 Å². The fourth-order valence-electron chi connectivity index (χ4n) is 3.65. The monoisotopic (exact) mass is 337 g/mol. The second-order valence-corrected chi connectivity index (χ2v) is 6.75. The summed E-state index contributed by atoms with van der Waals surface area (Å²) >= 11 is 0. The number of imidazole rings is 1. The number of nitrogens with zero attached hydrogens (tertiary/aromatic N) is 4. The number of aromatic amines is 1. The first-order valence-corrected chi connectivity index (χ1v) is 8.97. The molecule has 0 spiro atoms. The van der Waals surface area contributed by atoms with Crippen molar-refractivity contribution in [2.45, 2.75) is 38.1 Å². The van der Waals surface area contributed by atoms with Crippen molar-refractivity contribution in [3.8, 4) is 0 Å². The summed E-state index contributed by atoms with van der Waals surface area (Å²) in [4.78, 5) is 26.4. The van der Waals surface area contributed by atoms with Crippen LogP contribution in [0, 0.1) is 0 Å². The number of fused-ring (bicyclic) bond motifs is 1. The maximum Gasteiger partial charge on any atom is 0.222 e. The summed E-state index contributed by atoms with van der Waals surface area (Å²) in [7, 11) is 0. The van der Waals surface area contributed by atoms with Crippen molar-refractivity contribution in [1.29, 1.82) is 0 Å². The minimum atomic E-state index is 0.263. The molecule has 3 aromatic rings. The Balaban J connectivity index is 1.36. The first-order chi connectivity index (χ1) is 12.3. The first kappa shape index (κ1) is 15.9. The van der Waals surface area contributed by atoms with Gasteiger partial charge in [0.1, 0.15) is 5.65 Å². The Morgan fingerprint density at radius 3 is 3.16 bits per heavy atom. The number of carbonyl (C=O) groups is 1. The number of likely N-dealkylation sites (tertiary alicyclic amines) is 1.